The number of nitrogen functional groups attached to an aromatic ring is 1. The van der Waals surface area contributed by atoms with Gasteiger partial charge in [0.1, 0.15) is 12.0 Å². The fourth-order valence-corrected chi connectivity index (χ4v) is 3.03. The van der Waals surface area contributed by atoms with Crippen molar-refractivity contribution in [2.45, 2.75) is 25.4 Å². The van der Waals surface area contributed by atoms with Crippen LogP contribution in [0.25, 0.3) is 0 Å². The molecule has 2 aromatic carbocycles. The number of nitrogens with two attached hydrogens (primary N) is 1. The fraction of sp³-hybridized carbons (Fsp3) is 0.263. The van der Waals surface area contributed by atoms with Crippen molar-refractivity contribution in [1.82, 2.24) is 0 Å². The molecule has 0 aromatic heterocycles. The molecule has 1 aliphatic heterocycles. The summed E-state index contributed by atoms with van der Waals surface area (Å²) in [6.45, 7) is 1.52. The lowest BCUT2D eigenvalue weighted by atomic mass is 10.1. The van der Waals surface area contributed by atoms with Crippen molar-refractivity contribution in [2.24, 2.45) is 0 Å². The molecule has 3 rings (SSSR count). The first-order chi connectivity index (χ1) is 13.6. The lowest BCUT2D eigenvalue weighted by Gasteiger charge is -2.23. The number of benzene rings is 2. The molecule has 0 spiro atoms. The second-order valence-electron chi connectivity index (χ2n) is 6.44. The minimum atomic E-state index is -4.70. The van der Waals surface area contributed by atoms with Gasteiger partial charge in [-0.1, -0.05) is 0 Å². The van der Waals surface area contributed by atoms with Gasteiger partial charge in [-0.05, 0) is 43.3 Å². The summed E-state index contributed by atoms with van der Waals surface area (Å²) in [6, 6.07) is 8.55. The molecule has 6 nitrogen and oxygen atoms in total. The van der Waals surface area contributed by atoms with E-state index in [1.807, 2.05) is 0 Å². The molecule has 1 amide bonds. The third-order valence-electron chi connectivity index (χ3n) is 4.47. The van der Waals surface area contributed by atoms with E-state index in [0.717, 1.165) is 18.2 Å². The van der Waals surface area contributed by atoms with E-state index >= 15 is 0 Å². The van der Waals surface area contributed by atoms with Gasteiger partial charge in [0.25, 0.3) is 5.91 Å². The highest BCUT2D eigenvalue weighted by Gasteiger charge is 2.38. The van der Waals surface area contributed by atoms with E-state index in [4.69, 9.17) is 15.7 Å². The summed E-state index contributed by atoms with van der Waals surface area (Å²) in [4.78, 5) is 13.9. The van der Waals surface area contributed by atoms with Crippen LogP contribution >= 0.6 is 0 Å². The number of nitrogens with zero attached hydrogens (tertiary/aromatic N) is 2. The quantitative estimate of drug-likeness (QED) is 0.599. The number of hydrogen-bond acceptors (Lipinski definition) is 5. The Hall–Kier alpha value is -3.32. The number of rotatable bonds is 3. The highest BCUT2D eigenvalue weighted by Crippen LogP contribution is 2.36. The standard InChI is InChI=1S/C19H16F4N4O2/c1-10-27(13-4-2-11(8-24)14(7-13)19(21,22)23)9-17(29-10)18(28)26-16-5-3-12(25)6-15(16)20/h2-7,10,17H,9,25H2,1H3,(H,26,28)/t10-,17+/m1/s1. The first-order valence-corrected chi connectivity index (χ1v) is 8.49. The summed E-state index contributed by atoms with van der Waals surface area (Å²) in [5.41, 5.74) is 4.15. The highest BCUT2D eigenvalue weighted by molar-refractivity contribution is 5.95. The number of ether oxygens (including phenoxy) is 1. The number of carbonyl (C=O) groups is 1. The average Bonchev–Trinajstić information content (AvgIpc) is 3.04. The molecule has 2 atom stereocenters. The van der Waals surface area contributed by atoms with E-state index in [2.05, 4.69) is 5.32 Å². The molecule has 3 N–H and O–H groups in total. The molecule has 0 bridgehead atoms. The largest absolute Gasteiger partial charge is 0.417 e. The topological polar surface area (TPSA) is 91.4 Å². The molecule has 1 fully saturated rings. The summed E-state index contributed by atoms with van der Waals surface area (Å²) < 4.78 is 59.0. The summed E-state index contributed by atoms with van der Waals surface area (Å²) >= 11 is 0. The van der Waals surface area contributed by atoms with Crippen LogP contribution in [0.2, 0.25) is 0 Å². The summed E-state index contributed by atoms with van der Waals surface area (Å²) in [5, 5.41) is 11.3. The van der Waals surface area contributed by atoms with Crippen molar-refractivity contribution in [3.05, 3.63) is 53.3 Å². The average molecular weight is 408 g/mol. The van der Waals surface area contributed by atoms with Crippen LogP contribution in [0.4, 0.5) is 34.6 Å². The number of anilines is 3. The van der Waals surface area contributed by atoms with E-state index < -0.39 is 41.4 Å². The van der Waals surface area contributed by atoms with E-state index in [1.165, 1.54) is 29.2 Å². The number of halogens is 4. The van der Waals surface area contributed by atoms with Crippen molar-refractivity contribution in [2.75, 3.05) is 22.5 Å². The van der Waals surface area contributed by atoms with Crippen LogP contribution in [0.1, 0.15) is 18.1 Å². The number of alkyl halides is 3. The third kappa shape index (κ3) is 4.25. The summed E-state index contributed by atoms with van der Waals surface area (Å²) in [6.07, 6.45) is -6.45. The molecule has 0 aliphatic carbocycles. The molecule has 0 unspecified atom stereocenters. The van der Waals surface area contributed by atoms with Gasteiger partial charge >= 0.3 is 6.18 Å². The van der Waals surface area contributed by atoms with Crippen LogP contribution in [0.5, 0.6) is 0 Å². The van der Waals surface area contributed by atoms with Crippen molar-refractivity contribution in [1.29, 1.82) is 5.26 Å². The number of nitrogens with one attached hydrogen (secondary N) is 1. The monoisotopic (exact) mass is 408 g/mol. The number of nitriles is 1. The molecule has 0 saturated carbocycles. The van der Waals surface area contributed by atoms with Crippen LogP contribution < -0.4 is 16.0 Å². The first kappa shape index (κ1) is 20.4. The zero-order valence-corrected chi connectivity index (χ0v) is 15.1. The normalized spacial score (nSPS) is 19.1. The first-order valence-electron chi connectivity index (χ1n) is 8.49. The van der Waals surface area contributed by atoms with Gasteiger partial charge in [-0.3, -0.25) is 4.79 Å². The van der Waals surface area contributed by atoms with Gasteiger partial charge in [0.2, 0.25) is 0 Å². The zero-order valence-electron chi connectivity index (χ0n) is 15.1. The van der Waals surface area contributed by atoms with E-state index in [9.17, 15) is 22.4 Å². The third-order valence-corrected chi connectivity index (χ3v) is 4.47. The minimum absolute atomic E-state index is 0.0488. The van der Waals surface area contributed by atoms with Gasteiger partial charge in [-0.2, -0.15) is 18.4 Å². The van der Waals surface area contributed by atoms with Crippen molar-refractivity contribution < 1.29 is 27.1 Å². The van der Waals surface area contributed by atoms with Crippen molar-refractivity contribution >= 4 is 23.0 Å². The van der Waals surface area contributed by atoms with Gasteiger partial charge in [0.15, 0.2) is 6.10 Å². The lowest BCUT2D eigenvalue weighted by Crippen LogP contribution is -2.32. The van der Waals surface area contributed by atoms with E-state index in [1.54, 1.807) is 6.92 Å². The Balaban J connectivity index is 1.79. The maximum absolute atomic E-state index is 13.9. The minimum Gasteiger partial charge on any atom is -0.399 e. The molecular formula is C19H16F4N4O2. The Morgan fingerprint density at radius 1 is 1.31 bits per heavy atom. The summed E-state index contributed by atoms with van der Waals surface area (Å²) in [5.74, 6) is -1.36. The Bertz CT molecular complexity index is 987. The van der Waals surface area contributed by atoms with Gasteiger partial charge in [-0.25, -0.2) is 4.39 Å². The Kier molecular flexibility index (Phi) is 5.35. The van der Waals surface area contributed by atoms with Gasteiger partial charge < -0.3 is 20.7 Å². The van der Waals surface area contributed by atoms with Crippen LogP contribution in [0.3, 0.4) is 0 Å². The molecular weight excluding hydrogens is 392 g/mol. The molecule has 1 aliphatic rings. The second kappa shape index (κ2) is 7.60. The smallest absolute Gasteiger partial charge is 0.399 e. The molecule has 10 heteroatoms. The van der Waals surface area contributed by atoms with Gasteiger partial charge in [0, 0.05) is 11.4 Å². The maximum Gasteiger partial charge on any atom is 0.417 e. The highest BCUT2D eigenvalue weighted by atomic mass is 19.4. The van der Waals surface area contributed by atoms with Crippen LogP contribution in [0, 0.1) is 17.1 Å². The van der Waals surface area contributed by atoms with E-state index in [-0.39, 0.29) is 23.6 Å². The Morgan fingerprint density at radius 3 is 2.66 bits per heavy atom. The predicted molar refractivity (Wildman–Crippen MR) is 97.3 cm³/mol. The Morgan fingerprint density at radius 2 is 2.03 bits per heavy atom. The van der Waals surface area contributed by atoms with Gasteiger partial charge in [-0.15, -0.1) is 0 Å². The molecule has 1 heterocycles. The van der Waals surface area contributed by atoms with Crippen LogP contribution in [-0.4, -0.2) is 24.8 Å². The molecule has 0 radical (unpaired) electrons. The molecule has 29 heavy (non-hydrogen) atoms. The summed E-state index contributed by atoms with van der Waals surface area (Å²) in [7, 11) is 0. The van der Waals surface area contributed by atoms with Crippen LogP contribution in [-0.2, 0) is 15.7 Å². The number of amides is 1. The zero-order chi connectivity index (χ0) is 21.3. The van der Waals surface area contributed by atoms with Gasteiger partial charge in [0.05, 0.1) is 29.4 Å². The van der Waals surface area contributed by atoms with Crippen molar-refractivity contribution in [3.63, 3.8) is 0 Å². The molecule has 1 saturated heterocycles. The molecule has 2 aromatic rings. The van der Waals surface area contributed by atoms with E-state index in [0.29, 0.717) is 0 Å². The number of carbonyl (C=O) groups excluding carboxylic acids is 1. The molecule has 152 valence electrons. The maximum atomic E-state index is 13.9. The Labute approximate surface area is 163 Å². The SMILES string of the molecule is C[C@H]1O[C@H](C(=O)Nc2ccc(N)cc2F)CN1c1ccc(C#N)c(C(F)(F)F)c1. The fourth-order valence-electron chi connectivity index (χ4n) is 3.03. The second-order valence-corrected chi connectivity index (χ2v) is 6.44. The predicted octanol–water partition coefficient (Wildman–Crippen LogP) is 3.49. The lowest BCUT2D eigenvalue weighted by molar-refractivity contribution is -0.137. The van der Waals surface area contributed by atoms with Crippen LogP contribution in [0.15, 0.2) is 36.4 Å². The number of hydrogen-bond donors (Lipinski definition) is 2. The van der Waals surface area contributed by atoms with Crippen molar-refractivity contribution in [3.8, 4) is 6.07 Å².